The van der Waals surface area contributed by atoms with Crippen LogP contribution < -0.4 is 4.74 Å². The van der Waals surface area contributed by atoms with Gasteiger partial charge in [-0.15, -0.1) is 0 Å². The average Bonchev–Trinajstić information content (AvgIpc) is 3.65. The van der Waals surface area contributed by atoms with Crippen molar-refractivity contribution in [1.29, 1.82) is 0 Å². The summed E-state index contributed by atoms with van der Waals surface area (Å²) in [6.07, 6.45) is 5.15. The fraction of sp³-hybridized carbons (Fsp3) is 0.235. The minimum atomic E-state index is -0.276. The van der Waals surface area contributed by atoms with Crippen LogP contribution in [0.5, 0.6) is 5.75 Å². The Morgan fingerprint density at radius 2 is 1.75 bits per heavy atom. The predicted octanol–water partition coefficient (Wildman–Crippen LogP) is 7.02. The van der Waals surface area contributed by atoms with E-state index in [-0.39, 0.29) is 17.8 Å². The number of benzene rings is 3. The van der Waals surface area contributed by atoms with Crippen molar-refractivity contribution in [2.24, 2.45) is 10.9 Å². The van der Waals surface area contributed by atoms with Gasteiger partial charge in [-0.3, -0.25) is 9.59 Å². The summed E-state index contributed by atoms with van der Waals surface area (Å²) < 4.78 is 13.0. The number of halogens is 1. The summed E-state index contributed by atoms with van der Waals surface area (Å²) in [5.74, 6) is 0.206. The van der Waals surface area contributed by atoms with Crippen molar-refractivity contribution >= 4 is 46.5 Å². The van der Waals surface area contributed by atoms with E-state index in [1.807, 2.05) is 103 Å². The van der Waals surface area contributed by atoms with Gasteiger partial charge in [-0.2, -0.15) is 10.1 Å². The lowest BCUT2D eigenvalue weighted by atomic mass is 9.97. The lowest BCUT2D eigenvalue weighted by molar-refractivity contribution is -0.149. The van der Waals surface area contributed by atoms with E-state index in [1.165, 1.54) is 11.8 Å². The van der Waals surface area contributed by atoms with Crippen LogP contribution in [-0.4, -0.2) is 51.4 Å². The number of ether oxygens (including phenoxy) is 2. The van der Waals surface area contributed by atoms with Gasteiger partial charge >= 0.3 is 5.97 Å². The summed E-state index contributed by atoms with van der Waals surface area (Å²) in [4.78, 5) is 32.2. The van der Waals surface area contributed by atoms with E-state index in [4.69, 9.17) is 26.2 Å². The molecule has 10 heteroatoms. The predicted molar refractivity (Wildman–Crippen MR) is 174 cm³/mol. The Hall–Kier alpha value is -4.34. The van der Waals surface area contributed by atoms with E-state index in [0.29, 0.717) is 54.2 Å². The average molecular weight is 627 g/mol. The number of amidine groups is 1. The standard InChI is InChI=1S/C34H31ClN4O4S/c1-2-42-33(41)25-16-18-38(19-17-25)34-36-32(40)30(44-34)20-26-21-39(28-6-4-3-5-7-28)37-31(26)24-10-14-29(15-11-24)43-22-23-8-12-27(35)13-9-23/h3-15,20-21,25H,2,16-19,22H2,1H3/b30-20-. The maximum Gasteiger partial charge on any atom is 0.309 e. The molecule has 1 aromatic heterocycles. The maximum atomic E-state index is 13.0. The Morgan fingerprint density at radius 1 is 1.02 bits per heavy atom. The number of piperidine rings is 1. The molecule has 3 heterocycles. The SMILES string of the molecule is CCOC(=O)C1CCN(C2=NC(=O)/C(=C/c3cn(-c4ccccc4)nc3-c3ccc(OCc4ccc(Cl)cc4)cc3)S2)CC1. The van der Waals surface area contributed by atoms with Crippen molar-refractivity contribution in [3.05, 3.63) is 106 Å². The molecule has 8 nitrogen and oxygen atoms in total. The summed E-state index contributed by atoms with van der Waals surface area (Å²) in [5, 5.41) is 6.26. The lowest BCUT2D eigenvalue weighted by Crippen LogP contribution is -2.39. The molecule has 0 atom stereocenters. The smallest absolute Gasteiger partial charge is 0.309 e. The van der Waals surface area contributed by atoms with Crippen LogP contribution in [0.1, 0.15) is 30.9 Å². The molecule has 4 aromatic rings. The molecule has 0 spiro atoms. The Kier molecular flexibility index (Phi) is 9.14. The Labute approximate surface area is 265 Å². The van der Waals surface area contributed by atoms with Crippen molar-refractivity contribution < 1.29 is 19.1 Å². The number of hydrogen-bond donors (Lipinski definition) is 0. The molecule has 0 unspecified atom stereocenters. The van der Waals surface area contributed by atoms with Crippen molar-refractivity contribution in [3.8, 4) is 22.7 Å². The number of carbonyl (C=O) groups is 2. The fourth-order valence-electron chi connectivity index (χ4n) is 5.13. The number of esters is 1. The van der Waals surface area contributed by atoms with Gasteiger partial charge in [0.05, 0.1) is 28.8 Å². The minimum absolute atomic E-state index is 0.107. The van der Waals surface area contributed by atoms with Gasteiger partial charge < -0.3 is 14.4 Å². The number of rotatable bonds is 8. The summed E-state index contributed by atoms with van der Waals surface area (Å²) in [5.41, 5.74) is 4.37. The van der Waals surface area contributed by atoms with E-state index in [0.717, 1.165) is 33.8 Å². The van der Waals surface area contributed by atoms with Crippen LogP contribution in [0.25, 0.3) is 23.0 Å². The van der Waals surface area contributed by atoms with Crippen molar-refractivity contribution in [2.45, 2.75) is 26.4 Å². The van der Waals surface area contributed by atoms with Gasteiger partial charge in [-0.1, -0.05) is 41.9 Å². The highest BCUT2D eigenvalue weighted by atomic mass is 35.5. The van der Waals surface area contributed by atoms with Gasteiger partial charge in [0, 0.05) is 35.4 Å². The third-order valence-electron chi connectivity index (χ3n) is 7.49. The largest absolute Gasteiger partial charge is 0.489 e. The summed E-state index contributed by atoms with van der Waals surface area (Å²) in [7, 11) is 0. The zero-order valence-corrected chi connectivity index (χ0v) is 25.8. The quantitative estimate of drug-likeness (QED) is 0.153. The van der Waals surface area contributed by atoms with Crippen molar-refractivity contribution in [1.82, 2.24) is 14.7 Å². The summed E-state index contributed by atoms with van der Waals surface area (Å²) in [6.45, 7) is 3.94. The number of carbonyl (C=O) groups excluding carboxylic acids is 2. The van der Waals surface area contributed by atoms with Crippen LogP contribution >= 0.6 is 23.4 Å². The molecule has 6 rings (SSSR count). The first-order valence-electron chi connectivity index (χ1n) is 14.5. The Bertz CT molecular complexity index is 1690. The second-order valence-electron chi connectivity index (χ2n) is 10.5. The molecule has 224 valence electrons. The molecule has 0 bridgehead atoms. The monoisotopic (exact) mass is 626 g/mol. The molecule has 0 N–H and O–H groups in total. The highest BCUT2D eigenvalue weighted by Gasteiger charge is 2.32. The molecule has 1 saturated heterocycles. The normalized spacial score (nSPS) is 16.3. The Balaban J connectivity index is 1.20. The van der Waals surface area contributed by atoms with E-state index >= 15 is 0 Å². The maximum absolute atomic E-state index is 13.0. The number of likely N-dealkylation sites (tertiary alicyclic amines) is 1. The van der Waals surface area contributed by atoms with Gasteiger partial charge in [0.25, 0.3) is 5.91 Å². The molecule has 2 aliphatic rings. The van der Waals surface area contributed by atoms with Crippen LogP contribution in [0.2, 0.25) is 5.02 Å². The molecule has 44 heavy (non-hydrogen) atoms. The van der Waals surface area contributed by atoms with Gasteiger partial charge in [0.2, 0.25) is 0 Å². The van der Waals surface area contributed by atoms with Gasteiger partial charge in [0.1, 0.15) is 12.4 Å². The number of aromatic nitrogens is 2. The van der Waals surface area contributed by atoms with Crippen LogP contribution in [0.3, 0.4) is 0 Å². The van der Waals surface area contributed by atoms with Crippen molar-refractivity contribution in [3.63, 3.8) is 0 Å². The summed E-state index contributed by atoms with van der Waals surface area (Å²) in [6, 6.07) is 25.2. The second kappa shape index (κ2) is 13.5. The molecule has 2 aliphatic heterocycles. The highest BCUT2D eigenvalue weighted by Crippen LogP contribution is 2.35. The molecular formula is C34H31ClN4O4S. The molecule has 1 amide bonds. The minimum Gasteiger partial charge on any atom is -0.489 e. The van der Waals surface area contributed by atoms with Crippen molar-refractivity contribution in [2.75, 3.05) is 19.7 Å². The van der Waals surface area contributed by atoms with Crippen LogP contribution in [0.4, 0.5) is 0 Å². The molecule has 1 fully saturated rings. The molecule has 0 aliphatic carbocycles. The number of amides is 1. The van der Waals surface area contributed by atoms with Gasteiger partial charge in [0.15, 0.2) is 5.17 Å². The lowest BCUT2D eigenvalue weighted by Gasteiger charge is -2.31. The second-order valence-corrected chi connectivity index (χ2v) is 11.9. The number of hydrogen-bond acceptors (Lipinski definition) is 7. The zero-order valence-electron chi connectivity index (χ0n) is 24.2. The van der Waals surface area contributed by atoms with E-state index in [2.05, 4.69) is 9.89 Å². The van der Waals surface area contributed by atoms with Gasteiger partial charge in [-0.05, 0) is 91.7 Å². The highest BCUT2D eigenvalue weighted by molar-refractivity contribution is 8.18. The Morgan fingerprint density at radius 3 is 2.45 bits per heavy atom. The first-order chi connectivity index (χ1) is 21.5. The van der Waals surface area contributed by atoms with E-state index in [9.17, 15) is 9.59 Å². The zero-order chi connectivity index (χ0) is 30.5. The van der Waals surface area contributed by atoms with Crippen LogP contribution in [0.15, 0.2) is 95.0 Å². The van der Waals surface area contributed by atoms with E-state index < -0.39 is 0 Å². The molecular weight excluding hydrogens is 596 g/mol. The van der Waals surface area contributed by atoms with E-state index in [1.54, 1.807) is 0 Å². The number of thioether (sulfide) groups is 1. The number of nitrogens with zero attached hydrogens (tertiary/aromatic N) is 4. The topological polar surface area (TPSA) is 86.0 Å². The molecule has 3 aromatic carbocycles. The summed E-state index contributed by atoms with van der Waals surface area (Å²) >= 11 is 7.35. The van der Waals surface area contributed by atoms with Crippen LogP contribution in [-0.2, 0) is 20.9 Å². The van der Waals surface area contributed by atoms with Crippen LogP contribution in [0, 0.1) is 5.92 Å². The number of para-hydroxylation sites is 1. The third kappa shape index (κ3) is 6.90. The number of aliphatic imine (C=N–C) groups is 1. The first-order valence-corrected chi connectivity index (χ1v) is 15.7. The molecule has 0 radical (unpaired) electrons. The first kappa shape index (κ1) is 29.7. The molecule has 0 saturated carbocycles. The fourth-order valence-corrected chi connectivity index (χ4v) is 6.21. The third-order valence-corrected chi connectivity index (χ3v) is 8.79. The van der Waals surface area contributed by atoms with Gasteiger partial charge in [-0.25, -0.2) is 4.68 Å².